The van der Waals surface area contributed by atoms with Crippen molar-refractivity contribution in [1.82, 2.24) is 13.5 Å². The molecule has 1 aromatic heterocycles. The Morgan fingerprint density at radius 2 is 1.55 bits per heavy atom. The van der Waals surface area contributed by atoms with Crippen LogP contribution in [0, 0.1) is 0 Å². The quantitative estimate of drug-likeness (QED) is 0.652. The first-order valence-corrected chi connectivity index (χ1v) is 5.77. The van der Waals surface area contributed by atoms with E-state index in [-0.39, 0.29) is 12.6 Å². The molecule has 0 aliphatic heterocycles. The molecule has 0 saturated carbocycles. The second-order valence-corrected chi connectivity index (χ2v) is 7.33. The maximum absolute atomic E-state index is 4.30. The third-order valence-corrected chi connectivity index (χ3v) is 4.76. The summed E-state index contributed by atoms with van der Waals surface area (Å²) in [6.45, 7) is 6.51. The van der Waals surface area contributed by atoms with Crippen LogP contribution in [0.25, 0.3) is 0 Å². The van der Waals surface area contributed by atoms with Gasteiger partial charge in [-0.15, -0.1) is 0 Å². The predicted octanol–water partition coefficient (Wildman–Crippen LogP) is 3.69. The van der Waals surface area contributed by atoms with Crippen molar-refractivity contribution in [3.8, 4) is 0 Å². The minimum absolute atomic E-state index is 0. The van der Waals surface area contributed by atoms with Crippen LogP contribution >= 0.6 is 24.9 Å². The van der Waals surface area contributed by atoms with Crippen LogP contribution in [0.4, 0.5) is 0 Å². The fourth-order valence-corrected chi connectivity index (χ4v) is 4.71. The minimum atomic E-state index is -0.481. The second kappa shape index (κ2) is 4.36. The summed E-state index contributed by atoms with van der Waals surface area (Å²) in [4.78, 5) is 0. The molecule has 6 heteroatoms. The van der Waals surface area contributed by atoms with E-state index < -0.39 is 7.85 Å². The number of hydrogen-bond donors (Lipinski definition) is 0. The highest BCUT2D eigenvalue weighted by Crippen LogP contribution is 2.39. The zero-order valence-electron chi connectivity index (χ0n) is 6.18. The third kappa shape index (κ3) is 3.47. The van der Waals surface area contributed by atoms with Gasteiger partial charge in [-0.25, -0.2) is 0 Å². The lowest BCUT2D eigenvalue weighted by molar-refractivity contribution is 0.712. The van der Waals surface area contributed by atoms with Gasteiger partial charge in [-0.3, -0.25) is 0 Å². The molecule has 1 rings (SSSR count). The number of aromatic nitrogens is 3. The van der Waals surface area contributed by atoms with Gasteiger partial charge in [0, 0.05) is 0 Å². The molecule has 0 N–H and O–H groups in total. The average molecular weight is 208 g/mol. The highest BCUT2D eigenvalue weighted by Gasteiger charge is 2.22. The van der Waals surface area contributed by atoms with Gasteiger partial charge in [-0.05, 0) is 34.3 Å². The van der Waals surface area contributed by atoms with Crippen LogP contribution in [0.1, 0.15) is 28.2 Å². The Labute approximate surface area is 72.4 Å². The molecule has 0 unspecified atom stereocenters. The summed E-state index contributed by atoms with van der Waals surface area (Å²) in [6, 6.07) is 0. The van der Waals surface area contributed by atoms with Gasteiger partial charge >= 0.3 is 17.0 Å². The van der Waals surface area contributed by atoms with E-state index in [0.29, 0.717) is 0 Å². The molecule has 0 aliphatic rings. The fraction of sp³-hybridized carbons (Fsp3) is 1.00. The average Bonchev–Trinajstić information content (AvgIpc) is 1.88. The monoisotopic (exact) mass is 208 g/mol. The van der Waals surface area contributed by atoms with E-state index in [4.69, 9.17) is 0 Å². The van der Waals surface area contributed by atoms with Gasteiger partial charge in [0.15, 0.2) is 0 Å². The molecule has 0 aromatic carbocycles. The predicted molar refractivity (Wildman–Crippen MR) is 53.7 cm³/mol. The first-order chi connectivity index (χ1) is 4.61. The van der Waals surface area contributed by atoms with E-state index in [1.807, 2.05) is 0 Å². The molecule has 3 nitrogen and oxygen atoms in total. The Hall–Kier alpha value is 0.300. The zero-order valence-corrected chi connectivity index (χ0v) is 8.87. The topological polar surface area (TPSA) is 38.7 Å². The van der Waals surface area contributed by atoms with Gasteiger partial charge in [-0.1, -0.05) is 7.43 Å². The van der Waals surface area contributed by atoms with E-state index >= 15 is 0 Å². The van der Waals surface area contributed by atoms with Crippen LogP contribution in [0.2, 0.25) is 0 Å². The number of hydrogen-bond acceptors (Lipinski definition) is 3. The van der Waals surface area contributed by atoms with E-state index in [9.17, 15) is 0 Å². The lowest BCUT2D eigenvalue weighted by Crippen LogP contribution is -2.01. The first-order valence-electron chi connectivity index (χ1n) is 2.92. The first kappa shape index (κ1) is 11.3. The lowest BCUT2D eigenvalue weighted by atomic mass is 10.3. The van der Waals surface area contributed by atoms with Crippen molar-refractivity contribution >= 4 is 24.9 Å². The largest absolute Gasteiger partial charge is 0.346 e. The molecule has 62 valence electrons. The van der Waals surface area contributed by atoms with Crippen LogP contribution in [0.15, 0.2) is 0 Å². The van der Waals surface area contributed by atoms with Crippen LogP contribution in [-0.4, -0.2) is 13.5 Å². The van der Waals surface area contributed by atoms with Crippen molar-refractivity contribution in [2.45, 2.75) is 33.4 Å². The summed E-state index contributed by atoms with van der Waals surface area (Å²) in [6.07, 6.45) is 0. The van der Waals surface area contributed by atoms with Crippen molar-refractivity contribution < 1.29 is 0 Å². The maximum Gasteiger partial charge on any atom is 0.346 e. The van der Waals surface area contributed by atoms with Crippen molar-refractivity contribution in [2.75, 3.05) is 0 Å². The Kier molecular flexibility index (Phi) is 4.48. The Morgan fingerprint density at radius 1 is 1.09 bits per heavy atom. The normalized spacial score (nSPS) is 13.5. The fourth-order valence-electron chi connectivity index (χ4n) is 0.416. The molecule has 0 saturated heterocycles. The summed E-state index contributed by atoms with van der Waals surface area (Å²) >= 11 is 0. The highest BCUT2D eigenvalue weighted by molar-refractivity contribution is 7.53. The van der Waals surface area contributed by atoms with E-state index in [2.05, 4.69) is 34.3 Å². The Morgan fingerprint density at radius 3 is 1.82 bits per heavy atom. The third-order valence-electron chi connectivity index (χ3n) is 0.929. The number of nitrogens with zero attached hydrogens (tertiary/aromatic N) is 3. The Balaban J connectivity index is 0.000001000. The minimum Gasteiger partial charge on any atom is -0.0776 e. The van der Waals surface area contributed by atoms with Crippen molar-refractivity contribution in [3.63, 3.8) is 0 Å². The van der Waals surface area contributed by atoms with Crippen molar-refractivity contribution in [2.24, 2.45) is 0 Å². The second-order valence-electron chi connectivity index (χ2n) is 2.91. The Bertz CT molecular complexity index is 208. The van der Waals surface area contributed by atoms with Gasteiger partial charge in [-0.2, -0.15) is 0 Å². The molecule has 0 atom stereocenters. The molecule has 0 aliphatic carbocycles. The summed E-state index contributed by atoms with van der Waals surface area (Å²) in [5.41, 5.74) is 0. The molecule has 0 spiro atoms. The van der Waals surface area contributed by atoms with Gasteiger partial charge in [0.25, 0.3) is 0 Å². The molecule has 1 aromatic rings. The van der Waals surface area contributed by atoms with Gasteiger partial charge < -0.3 is 0 Å². The lowest BCUT2D eigenvalue weighted by Gasteiger charge is -2.07. The molecular weight excluding hydrogens is 195 g/mol. The van der Waals surface area contributed by atoms with Gasteiger partial charge in [0.05, 0.1) is 5.16 Å². The van der Waals surface area contributed by atoms with E-state index in [0.717, 1.165) is 17.0 Å². The number of rotatable bonds is 0. The molecule has 0 bridgehead atoms. The van der Waals surface area contributed by atoms with Gasteiger partial charge in [0.2, 0.25) is 7.85 Å². The summed E-state index contributed by atoms with van der Waals surface area (Å²) in [5.74, 6) is 0. The van der Waals surface area contributed by atoms with Crippen LogP contribution in [-0.2, 0) is 5.16 Å². The molecule has 0 fully saturated rings. The standard InChI is InChI=1S/C4H9N3P3.CH4/c1-4(2,3)10-6-8-5-9-7-10;/h1-3H3;1H4/q+1;. The van der Waals surface area contributed by atoms with Crippen LogP contribution in [0.3, 0.4) is 0 Å². The summed E-state index contributed by atoms with van der Waals surface area (Å²) in [7, 11) is 1.25. The molecule has 11 heavy (non-hydrogen) atoms. The molecule has 0 amide bonds. The van der Waals surface area contributed by atoms with Crippen molar-refractivity contribution in [1.29, 1.82) is 0 Å². The van der Waals surface area contributed by atoms with Crippen LogP contribution in [0.5, 0.6) is 0 Å². The molecular formula is C5H13N3P3+. The maximum atomic E-state index is 4.30. The molecule has 0 radical (unpaired) electrons. The molecule has 1 heterocycles. The highest BCUT2D eigenvalue weighted by atomic mass is 31.2. The van der Waals surface area contributed by atoms with Crippen molar-refractivity contribution in [3.05, 3.63) is 0 Å². The van der Waals surface area contributed by atoms with E-state index in [1.54, 1.807) is 0 Å². The summed E-state index contributed by atoms with van der Waals surface area (Å²) < 4.78 is 12.6. The smallest absolute Gasteiger partial charge is 0.0776 e. The zero-order chi connectivity index (χ0) is 7.61. The van der Waals surface area contributed by atoms with E-state index in [1.165, 1.54) is 0 Å². The SMILES string of the molecule is C.CC(C)(C)[p+]1npnpn1. The van der Waals surface area contributed by atoms with Gasteiger partial charge in [0.1, 0.15) is 0 Å². The summed E-state index contributed by atoms with van der Waals surface area (Å²) in [5, 5.41) is 0.227. The van der Waals surface area contributed by atoms with Crippen LogP contribution < -0.4 is 0 Å².